The second-order valence-electron chi connectivity index (χ2n) is 6.14. The SMILES string of the molecule is CC(C)(C)OC1CC(Nc2cc(CO)ccc2Cl)C1. The molecule has 2 rings (SSSR count). The number of nitrogens with one attached hydrogen (secondary N) is 1. The topological polar surface area (TPSA) is 41.5 Å². The number of halogens is 1. The molecule has 0 aromatic heterocycles. The molecule has 1 saturated carbocycles. The summed E-state index contributed by atoms with van der Waals surface area (Å²) in [5, 5.41) is 13.2. The summed E-state index contributed by atoms with van der Waals surface area (Å²) < 4.78 is 5.90. The maximum absolute atomic E-state index is 9.14. The van der Waals surface area contributed by atoms with Crippen molar-refractivity contribution in [1.29, 1.82) is 0 Å². The number of aliphatic hydroxyl groups is 1. The molecule has 0 unspecified atom stereocenters. The minimum Gasteiger partial charge on any atom is -0.392 e. The first-order valence-electron chi connectivity index (χ1n) is 6.71. The molecule has 3 nitrogen and oxygen atoms in total. The molecular formula is C15H22ClNO2. The van der Waals surface area contributed by atoms with Gasteiger partial charge in [-0.3, -0.25) is 0 Å². The second-order valence-corrected chi connectivity index (χ2v) is 6.54. The van der Waals surface area contributed by atoms with E-state index in [0.29, 0.717) is 17.2 Å². The average Bonchev–Trinajstić information content (AvgIpc) is 2.27. The number of hydrogen-bond acceptors (Lipinski definition) is 3. The molecule has 0 saturated heterocycles. The number of anilines is 1. The summed E-state index contributed by atoms with van der Waals surface area (Å²) in [5.41, 5.74) is 1.69. The van der Waals surface area contributed by atoms with Crippen molar-refractivity contribution in [3.63, 3.8) is 0 Å². The Morgan fingerprint density at radius 1 is 1.37 bits per heavy atom. The number of ether oxygens (including phenoxy) is 1. The highest BCUT2D eigenvalue weighted by atomic mass is 35.5. The molecule has 0 radical (unpaired) electrons. The van der Waals surface area contributed by atoms with Gasteiger partial charge in [0, 0.05) is 6.04 Å². The van der Waals surface area contributed by atoms with E-state index in [-0.39, 0.29) is 12.2 Å². The third kappa shape index (κ3) is 4.10. The minimum atomic E-state index is -0.0793. The predicted octanol–water partition coefficient (Wildman–Crippen LogP) is 3.59. The number of benzene rings is 1. The largest absolute Gasteiger partial charge is 0.392 e. The quantitative estimate of drug-likeness (QED) is 0.887. The van der Waals surface area contributed by atoms with Crippen molar-refractivity contribution < 1.29 is 9.84 Å². The first kappa shape index (κ1) is 14.6. The van der Waals surface area contributed by atoms with Gasteiger partial charge >= 0.3 is 0 Å². The molecule has 0 bridgehead atoms. The standard InChI is InChI=1S/C15H22ClNO2/c1-15(2,3)19-12-7-11(8-12)17-14-6-10(9-18)4-5-13(14)16/h4-6,11-12,17-18H,7-9H2,1-3H3. The van der Waals surface area contributed by atoms with E-state index >= 15 is 0 Å². The molecule has 19 heavy (non-hydrogen) atoms. The van der Waals surface area contributed by atoms with Gasteiger partial charge in [-0.15, -0.1) is 0 Å². The van der Waals surface area contributed by atoms with Crippen molar-refractivity contribution >= 4 is 17.3 Å². The lowest BCUT2D eigenvalue weighted by Crippen LogP contribution is -2.44. The van der Waals surface area contributed by atoms with Crippen LogP contribution in [0.25, 0.3) is 0 Å². The Labute approximate surface area is 119 Å². The van der Waals surface area contributed by atoms with Gasteiger partial charge in [-0.25, -0.2) is 0 Å². The Hall–Kier alpha value is -0.770. The molecule has 1 fully saturated rings. The van der Waals surface area contributed by atoms with Gasteiger partial charge in [0.25, 0.3) is 0 Å². The van der Waals surface area contributed by atoms with Gasteiger partial charge in [-0.1, -0.05) is 17.7 Å². The fourth-order valence-corrected chi connectivity index (χ4v) is 2.45. The molecule has 106 valence electrons. The van der Waals surface area contributed by atoms with Crippen LogP contribution in [0.3, 0.4) is 0 Å². The zero-order chi connectivity index (χ0) is 14.0. The first-order valence-corrected chi connectivity index (χ1v) is 7.09. The van der Waals surface area contributed by atoms with Crippen molar-refractivity contribution in [1.82, 2.24) is 0 Å². The Morgan fingerprint density at radius 2 is 2.05 bits per heavy atom. The maximum Gasteiger partial charge on any atom is 0.0682 e. The zero-order valence-electron chi connectivity index (χ0n) is 11.7. The maximum atomic E-state index is 9.14. The molecule has 0 atom stereocenters. The van der Waals surface area contributed by atoms with Crippen LogP contribution >= 0.6 is 11.6 Å². The monoisotopic (exact) mass is 283 g/mol. The van der Waals surface area contributed by atoms with Gasteiger partial charge in [-0.05, 0) is 51.3 Å². The summed E-state index contributed by atoms with van der Waals surface area (Å²) >= 11 is 6.15. The molecule has 1 aliphatic carbocycles. The van der Waals surface area contributed by atoms with Crippen LogP contribution in [-0.4, -0.2) is 22.9 Å². The van der Waals surface area contributed by atoms with Crippen LogP contribution in [0.1, 0.15) is 39.2 Å². The molecule has 2 N–H and O–H groups in total. The molecule has 1 aromatic carbocycles. The molecule has 4 heteroatoms. The van der Waals surface area contributed by atoms with Crippen LogP contribution in [-0.2, 0) is 11.3 Å². The third-order valence-electron chi connectivity index (χ3n) is 3.19. The fourth-order valence-electron chi connectivity index (χ4n) is 2.28. The second kappa shape index (κ2) is 5.70. The highest BCUT2D eigenvalue weighted by molar-refractivity contribution is 6.33. The summed E-state index contributed by atoms with van der Waals surface area (Å²) in [6.45, 7) is 6.27. The Morgan fingerprint density at radius 3 is 2.63 bits per heavy atom. The summed E-state index contributed by atoms with van der Waals surface area (Å²) in [6.07, 6.45) is 2.32. The molecule has 0 aliphatic heterocycles. The molecule has 0 spiro atoms. The lowest BCUT2D eigenvalue weighted by Gasteiger charge is -2.40. The number of aliphatic hydroxyl groups excluding tert-OH is 1. The van der Waals surface area contributed by atoms with E-state index in [1.165, 1.54) is 0 Å². The zero-order valence-corrected chi connectivity index (χ0v) is 12.5. The van der Waals surface area contributed by atoms with E-state index in [2.05, 4.69) is 26.1 Å². The molecule has 1 aromatic rings. The summed E-state index contributed by atoms with van der Waals surface area (Å²) in [5.74, 6) is 0. The van der Waals surface area contributed by atoms with E-state index in [9.17, 15) is 0 Å². The highest BCUT2D eigenvalue weighted by Gasteiger charge is 2.33. The van der Waals surface area contributed by atoms with Gasteiger partial charge in [0.05, 0.1) is 29.0 Å². The molecule has 0 amide bonds. The van der Waals surface area contributed by atoms with Gasteiger partial charge < -0.3 is 15.2 Å². The van der Waals surface area contributed by atoms with Gasteiger partial charge in [-0.2, -0.15) is 0 Å². The summed E-state index contributed by atoms with van der Waals surface area (Å²) in [4.78, 5) is 0. The Balaban J connectivity index is 1.87. The summed E-state index contributed by atoms with van der Waals surface area (Å²) in [6, 6.07) is 5.95. The van der Waals surface area contributed by atoms with Crippen molar-refractivity contribution in [3.05, 3.63) is 28.8 Å². The molecular weight excluding hydrogens is 262 g/mol. The third-order valence-corrected chi connectivity index (χ3v) is 3.52. The van der Waals surface area contributed by atoms with Crippen LogP contribution in [0, 0.1) is 0 Å². The average molecular weight is 284 g/mol. The Bertz CT molecular complexity index is 436. The van der Waals surface area contributed by atoms with Crippen LogP contribution in [0.15, 0.2) is 18.2 Å². The number of hydrogen-bond donors (Lipinski definition) is 2. The van der Waals surface area contributed by atoms with Crippen molar-refractivity contribution in [2.45, 2.75) is 58.0 Å². The van der Waals surface area contributed by atoms with Crippen molar-refractivity contribution in [2.75, 3.05) is 5.32 Å². The molecule has 0 heterocycles. The Kier molecular flexibility index (Phi) is 4.39. The van der Waals surface area contributed by atoms with Crippen molar-refractivity contribution in [2.24, 2.45) is 0 Å². The normalized spacial score (nSPS) is 23.0. The van der Waals surface area contributed by atoms with E-state index in [0.717, 1.165) is 24.1 Å². The van der Waals surface area contributed by atoms with E-state index in [1.54, 1.807) is 0 Å². The molecule has 1 aliphatic rings. The van der Waals surface area contributed by atoms with E-state index in [1.807, 2.05) is 18.2 Å². The number of rotatable bonds is 4. The predicted molar refractivity (Wildman–Crippen MR) is 78.6 cm³/mol. The minimum absolute atomic E-state index is 0.0340. The van der Waals surface area contributed by atoms with Crippen LogP contribution < -0.4 is 5.32 Å². The van der Waals surface area contributed by atoms with E-state index in [4.69, 9.17) is 21.4 Å². The smallest absolute Gasteiger partial charge is 0.0682 e. The van der Waals surface area contributed by atoms with Crippen LogP contribution in [0.2, 0.25) is 5.02 Å². The van der Waals surface area contributed by atoms with Gasteiger partial charge in [0.1, 0.15) is 0 Å². The lowest BCUT2D eigenvalue weighted by atomic mass is 9.88. The van der Waals surface area contributed by atoms with Gasteiger partial charge in [0.2, 0.25) is 0 Å². The highest BCUT2D eigenvalue weighted by Crippen LogP contribution is 2.32. The van der Waals surface area contributed by atoms with Crippen LogP contribution in [0.5, 0.6) is 0 Å². The van der Waals surface area contributed by atoms with Crippen molar-refractivity contribution in [3.8, 4) is 0 Å². The lowest BCUT2D eigenvalue weighted by molar-refractivity contribution is -0.0953. The van der Waals surface area contributed by atoms with E-state index < -0.39 is 0 Å². The van der Waals surface area contributed by atoms with Gasteiger partial charge in [0.15, 0.2) is 0 Å². The first-order chi connectivity index (χ1) is 8.87. The fraction of sp³-hybridized carbons (Fsp3) is 0.600. The summed E-state index contributed by atoms with van der Waals surface area (Å²) in [7, 11) is 0. The van der Waals surface area contributed by atoms with Crippen LogP contribution in [0.4, 0.5) is 5.69 Å².